The first-order valence-corrected chi connectivity index (χ1v) is 8.01. The first kappa shape index (κ1) is 18.0. The Morgan fingerprint density at radius 2 is 1.96 bits per heavy atom. The molecule has 0 atom stereocenters. The first-order valence-electron chi connectivity index (χ1n) is 7.26. The zero-order chi connectivity index (χ0) is 16.8. The second-order valence-corrected chi connectivity index (χ2v) is 6.14. The molecule has 0 aliphatic carbocycles. The van der Waals surface area contributed by atoms with E-state index in [1.807, 2.05) is 24.1 Å². The molecule has 124 valence electrons. The summed E-state index contributed by atoms with van der Waals surface area (Å²) in [4.78, 5) is 1.97. The van der Waals surface area contributed by atoms with Crippen molar-refractivity contribution < 1.29 is 9.50 Å². The topological polar surface area (TPSA) is 35.5 Å². The van der Waals surface area contributed by atoms with Gasteiger partial charge in [0.2, 0.25) is 0 Å². The Hall–Kier alpha value is -1.33. The standard InChI is InChI=1S/C17H19Cl2FN2O/c1-22(7-8-23)11-12-9-13(5-6-15(12)18)21-10-14-16(19)3-2-4-17(14)20/h2-6,9,21,23H,7-8,10-11H2,1H3. The van der Waals surface area contributed by atoms with Crippen LogP contribution in [-0.2, 0) is 13.1 Å². The van der Waals surface area contributed by atoms with Gasteiger partial charge in [-0.1, -0.05) is 29.3 Å². The zero-order valence-electron chi connectivity index (χ0n) is 12.8. The minimum absolute atomic E-state index is 0.0951. The molecule has 2 N–H and O–H groups in total. The summed E-state index contributed by atoms with van der Waals surface area (Å²) in [5.74, 6) is -0.332. The molecule has 0 saturated carbocycles. The predicted octanol–water partition coefficient (Wildman–Crippen LogP) is 4.17. The van der Waals surface area contributed by atoms with Crippen molar-refractivity contribution in [3.05, 3.63) is 63.4 Å². The highest BCUT2D eigenvalue weighted by atomic mass is 35.5. The third-order valence-corrected chi connectivity index (χ3v) is 4.22. The summed E-state index contributed by atoms with van der Waals surface area (Å²) in [6.07, 6.45) is 0. The number of aliphatic hydroxyl groups excluding tert-OH is 1. The second-order valence-electron chi connectivity index (χ2n) is 5.32. The highest BCUT2D eigenvalue weighted by molar-refractivity contribution is 6.31. The molecule has 0 aliphatic heterocycles. The molecule has 0 spiro atoms. The van der Waals surface area contributed by atoms with E-state index in [4.69, 9.17) is 28.3 Å². The van der Waals surface area contributed by atoms with E-state index in [1.54, 1.807) is 18.2 Å². The Balaban J connectivity index is 2.09. The lowest BCUT2D eigenvalue weighted by molar-refractivity contribution is 0.217. The first-order chi connectivity index (χ1) is 11.0. The van der Waals surface area contributed by atoms with Crippen molar-refractivity contribution in [1.82, 2.24) is 4.90 Å². The molecule has 3 nitrogen and oxygen atoms in total. The van der Waals surface area contributed by atoms with Gasteiger partial charge in [-0.15, -0.1) is 0 Å². The van der Waals surface area contributed by atoms with Gasteiger partial charge in [-0.25, -0.2) is 4.39 Å². The summed E-state index contributed by atoms with van der Waals surface area (Å²) in [5, 5.41) is 13.2. The van der Waals surface area contributed by atoms with Gasteiger partial charge in [-0.2, -0.15) is 0 Å². The van der Waals surface area contributed by atoms with Gasteiger partial charge < -0.3 is 10.4 Å². The Bertz CT molecular complexity index is 647. The Labute approximate surface area is 145 Å². The van der Waals surface area contributed by atoms with E-state index in [9.17, 15) is 4.39 Å². The number of likely N-dealkylation sites (N-methyl/N-ethyl adjacent to an activating group) is 1. The van der Waals surface area contributed by atoms with Crippen molar-refractivity contribution in [3.63, 3.8) is 0 Å². The molecule has 0 unspecified atom stereocenters. The average Bonchev–Trinajstić information content (AvgIpc) is 2.50. The molecule has 0 amide bonds. The maximum Gasteiger partial charge on any atom is 0.129 e. The van der Waals surface area contributed by atoms with Crippen molar-refractivity contribution in [3.8, 4) is 0 Å². The summed E-state index contributed by atoms with van der Waals surface area (Å²) in [5.41, 5.74) is 2.21. The van der Waals surface area contributed by atoms with Crippen molar-refractivity contribution in [2.45, 2.75) is 13.1 Å². The van der Waals surface area contributed by atoms with E-state index in [2.05, 4.69) is 5.32 Å². The van der Waals surface area contributed by atoms with Gasteiger partial charge >= 0.3 is 0 Å². The maximum atomic E-state index is 13.8. The van der Waals surface area contributed by atoms with E-state index in [0.29, 0.717) is 35.2 Å². The fraction of sp³-hybridized carbons (Fsp3) is 0.294. The molecule has 2 aromatic carbocycles. The second kappa shape index (κ2) is 8.50. The highest BCUT2D eigenvalue weighted by Crippen LogP contribution is 2.24. The fourth-order valence-electron chi connectivity index (χ4n) is 2.24. The van der Waals surface area contributed by atoms with Crippen LogP contribution in [0.4, 0.5) is 10.1 Å². The number of halogens is 3. The van der Waals surface area contributed by atoms with E-state index < -0.39 is 0 Å². The molecule has 0 fully saturated rings. The van der Waals surface area contributed by atoms with Gasteiger partial charge in [0.25, 0.3) is 0 Å². The van der Waals surface area contributed by atoms with Crippen molar-refractivity contribution >= 4 is 28.9 Å². The summed E-state index contributed by atoms with van der Waals surface area (Å²) >= 11 is 12.2. The molecule has 2 rings (SSSR count). The zero-order valence-corrected chi connectivity index (χ0v) is 14.3. The van der Waals surface area contributed by atoms with Gasteiger partial charge in [0.05, 0.1) is 6.61 Å². The van der Waals surface area contributed by atoms with E-state index in [-0.39, 0.29) is 12.4 Å². The van der Waals surface area contributed by atoms with Crippen LogP contribution >= 0.6 is 23.2 Å². The highest BCUT2D eigenvalue weighted by Gasteiger charge is 2.08. The summed E-state index contributed by atoms with van der Waals surface area (Å²) in [6.45, 7) is 1.57. The van der Waals surface area contributed by atoms with Crippen LogP contribution in [0, 0.1) is 5.82 Å². The lowest BCUT2D eigenvalue weighted by atomic mass is 10.1. The van der Waals surface area contributed by atoms with E-state index >= 15 is 0 Å². The van der Waals surface area contributed by atoms with E-state index in [0.717, 1.165) is 11.3 Å². The Morgan fingerprint density at radius 3 is 2.65 bits per heavy atom. The van der Waals surface area contributed by atoms with Crippen LogP contribution in [0.5, 0.6) is 0 Å². The van der Waals surface area contributed by atoms with Crippen LogP contribution in [0.1, 0.15) is 11.1 Å². The van der Waals surface area contributed by atoms with Crippen LogP contribution in [0.25, 0.3) is 0 Å². The van der Waals surface area contributed by atoms with Crippen molar-refractivity contribution in [2.75, 3.05) is 25.5 Å². The third kappa shape index (κ3) is 5.08. The number of nitrogens with zero attached hydrogens (tertiary/aromatic N) is 1. The number of hydrogen-bond acceptors (Lipinski definition) is 3. The molecule has 0 radical (unpaired) electrons. The molecule has 0 aromatic heterocycles. The van der Waals surface area contributed by atoms with Gasteiger partial charge in [0.1, 0.15) is 5.82 Å². The van der Waals surface area contributed by atoms with Gasteiger partial charge in [0.15, 0.2) is 0 Å². The quantitative estimate of drug-likeness (QED) is 0.781. The number of aliphatic hydroxyl groups is 1. The minimum atomic E-state index is -0.332. The predicted molar refractivity (Wildman–Crippen MR) is 93.6 cm³/mol. The summed E-state index contributed by atoms with van der Waals surface area (Å²) in [7, 11) is 1.91. The van der Waals surface area contributed by atoms with E-state index in [1.165, 1.54) is 6.07 Å². The summed E-state index contributed by atoms with van der Waals surface area (Å²) in [6, 6.07) is 10.2. The lowest BCUT2D eigenvalue weighted by Crippen LogP contribution is -2.21. The number of benzene rings is 2. The molecular formula is C17H19Cl2FN2O. The fourth-order valence-corrected chi connectivity index (χ4v) is 2.65. The van der Waals surface area contributed by atoms with Crippen molar-refractivity contribution in [2.24, 2.45) is 0 Å². The van der Waals surface area contributed by atoms with Gasteiger partial charge in [-0.3, -0.25) is 4.90 Å². The molecule has 0 saturated heterocycles. The Morgan fingerprint density at radius 1 is 1.17 bits per heavy atom. The average molecular weight is 357 g/mol. The third-order valence-electron chi connectivity index (χ3n) is 3.50. The molecule has 0 bridgehead atoms. The lowest BCUT2D eigenvalue weighted by Gasteiger charge is -2.17. The molecule has 2 aromatic rings. The maximum absolute atomic E-state index is 13.8. The molecule has 6 heteroatoms. The number of hydrogen-bond donors (Lipinski definition) is 2. The molecule has 0 aliphatic rings. The minimum Gasteiger partial charge on any atom is -0.395 e. The monoisotopic (exact) mass is 356 g/mol. The van der Waals surface area contributed by atoms with Crippen LogP contribution in [0.15, 0.2) is 36.4 Å². The normalized spacial score (nSPS) is 11.0. The Kier molecular flexibility index (Phi) is 6.66. The molecular weight excluding hydrogens is 338 g/mol. The van der Waals surface area contributed by atoms with Crippen molar-refractivity contribution in [1.29, 1.82) is 0 Å². The van der Waals surface area contributed by atoms with Crippen LogP contribution in [0.3, 0.4) is 0 Å². The SMILES string of the molecule is CN(CCO)Cc1cc(NCc2c(F)cccc2Cl)ccc1Cl. The van der Waals surface area contributed by atoms with Gasteiger partial charge in [0, 0.05) is 40.9 Å². The molecule has 0 heterocycles. The molecule has 23 heavy (non-hydrogen) atoms. The van der Waals surface area contributed by atoms with Gasteiger partial charge in [-0.05, 0) is 42.9 Å². The van der Waals surface area contributed by atoms with Crippen LogP contribution in [-0.4, -0.2) is 30.2 Å². The van der Waals surface area contributed by atoms with Crippen LogP contribution in [0.2, 0.25) is 10.0 Å². The number of rotatable bonds is 7. The number of anilines is 1. The van der Waals surface area contributed by atoms with Crippen LogP contribution < -0.4 is 5.32 Å². The smallest absolute Gasteiger partial charge is 0.129 e. The largest absolute Gasteiger partial charge is 0.395 e. The summed E-state index contributed by atoms with van der Waals surface area (Å²) < 4.78 is 13.8. The number of nitrogens with one attached hydrogen (secondary N) is 1.